The van der Waals surface area contributed by atoms with E-state index in [1.54, 1.807) is 6.07 Å². The minimum Gasteiger partial charge on any atom is -0.337 e. The number of amides is 1. The number of nitrogens with one attached hydrogen (secondary N) is 1. The molecule has 9 heteroatoms. The van der Waals surface area contributed by atoms with Gasteiger partial charge in [-0.3, -0.25) is 9.59 Å². The Kier molecular flexibility index (Phi) is 5.43. The van der Waals surface area contributed by atoms with Crippen molar-refractivity contribution in [3.63, 3.8) is 0 Å². The van der Waals surface area contributed by atoms with Gasteiger partial charge in [0, 0.05) is 0 Å². The highest BCUT2D eigenvalue weighted by molar-refractivity contribution is 9.09. The first-order chi connectivity index (χ1) is 9.61. The Morgan fingerprint density at radius 2 is 1.62 bits per heavy atom. The molecule has 1 aromatic rings. The molecule has 0 aromatic heterocycles. The molecule has 21 heavy (non-hydrogen) atoms. The maximum Gasteiger partial charge on any atom is 0.463 e. The van der Waals surface area contributed by atoms with Gasteiger partial charge in [0.05, 0.1) is 5.33 Å². The number of rotatable bonds is 5. The van der Waals surface area contributed by atoms with Crippen LogP contribution in [0.1, 0.15) is 11.6 Å². The molecule has 1 atom stereocenters. The van der Waals surface area contributed by atoms with Gasteiger partial charge in [0.25, 0.3) is 0 Å². The lowest BCUT2D eigenvalue weighted by atomic mass is 10.0. The van der Waals surface area contributed by atoms with Crippen molar-refractivity contribution >= 4 is 27.6 Å². The van der Waals surface area contributed by atoms with E-state index in [9.17, 15) is 31.5 Å². The molecule has 1 rings (SSSR count). The minimum atomic E-state index is -6.03. The molecule has 1 amide bonds. The van der Waals surface area contributed by atoms with Crippen molar-refractivity contribution in [1.29, 1.82) is 0 Å². The monoisotopic (exact) mass is 373 g/mol. The second-order valence-electron chi connectivity index (χ2n) is 3.99. The van der Waals surface area contributed by atoms with E-state index < -0.39 is 29.8 Å². The predicted octanol–water partition coefficient (Wildman–Crippen LogP) is 3.01. The topological polar surface area (TPSA) is 46.2 Å². The van der Waals surface area contributed by atoms with Crippen LogP contribution in [0.15, 0.2) is 30.3 Å². The predicted molar refractivity (Wildman–Crippen MR) is 67.1 cm³/mol. The minimum absolute atomic E-state index is 0.105. The number of benzene rings is 1. The van der Waals surface area contributed by atoms with Crippen LogP contribution in [-0.4, -0.2) is 29.1 Å². The number of hydrogen-bond acceptors (Lipinski definition) is 2. The summed E-state index contributed by atoms with van der Waals surface area (Å²) in [6.07, 6.45) is -6.03. The summed E-state index contributed by atoms with van der Waals surface area (Å²) in [5.41, 5.74) is 0.105. The number of carbonyl (C=O) groups is 2. The van der Waals surface area contributed by atoms with E-state index in [4.69, 9.17) is 0 Å². The molecule has 0 saturated heterocycles. The third-order valence-corrected chi connectivity index (χ3v) is 3.06. The van der Waals surface area contributed by atoms with Gasteiger partial charge in [-0.25, -0.2) is 0 Å². The fourth-order valence-corrected chi connectivity index (χ4v) is 1.75. The van der Waals surface area contributed by atoms with Crippen LogP contribution in [0.3, 0.4) is 0 Å². The fraction of sp³-hybridized carbons (Fsp3) is 0.333. The summed E-state index contributed by atoms with van der Waals surface area (Å²) in [6.45, 7) is 0. The van der Waals surface area contributed by atoms with Gasteiger partial charge in [0.1, 0.15) is 6.04 Å². The highest BCUT2D eigenvalue weighted by Crippen LogP contribution is 2.36. The zero-order valence-electron chi connectivity index (χ0n) is 10.3. The third kappa shape index (κ3) is 3.99. The van der Waals surface area contributed by atoms with Crippen LogP contribution in [0.5, 0.6) is 0 Å². The first-order valence-corrected chi connectivity index (χ1v) is 6.62. The average molecular weight is 374 g/mol. The summed E-state index contributed by atoms with van der Waals surface area (Å²) in [5.74, 6) is -8.90. The molecule has 0 fully saturated rings. The Labute approximate surface area is 124 Å². The van der Waals surface area contributed by atoms with Crippen molar-refractivity contribution in [3.05, 3.63) is 35.9 Å². The lowest BCUT2D eigenvalue weighted by Crippen LogP contribution is -2.52. The van der Waals surface area contributed by atoms with Crippen molar-refractivity contribution in [2.45, 2.75) is 18.1 Å². The normalized spacial score (nSPS) is 13.6. The number of Topliss-reactive ketones (excluding diaryl/α,β-unsaturated/α-hetero) is 1. The lowest BCUT2D eigenvalue weighted by Gasteiger charge is -2.23. The molecule has 3 nitrogen and oxygen atoms in total. The molecule has 0 aliphatic heterocycles. The van der Waals surface area contributed by atoms with Crippen molar-refractivity contribution < 1.29 is 31.5 Å². The SMILES string of the molecule is O=C(CBr)C(NC(=O)C(F)(F)C(F)(F)F)c1ccccc1. The van der Waals surface area contributed by atoms with Crippen LogP contribution in [0.25, 0.3) is 0 Å². The molecule has 1 aromatic carbocycles. The van der Waals surface area contributed by atoms with Crippen LogP contribution in [0, 0.1) is 0 Å². The standard InChI is InChI=1S/C12H9BrF5NO2/c13-6-8(20)9(7-4-2-1-3-5-7)19-10(21)11(14,15)12(16,17)18/h1-5,9H,6H2,(H,19,21). The van der Waals surface area contributed by atoms with Crippen LogP contribution in [0.2, 0.25) is 0 Å². The highest BCUT2D eigenvalue weighted by atomic mass is 79.9. The molecule has 0 heterocycles. The van der Waals surface area contributed by atoms with Crippen molar-refractivity contribution in [3.8, 4) is 0 Å². The summed E-state index contributed by atoms with van der Waals surface area (Å²) in [4.78, 5) is 22.8. The first kappa shape index (κ1) is 17.5. The van der Waals surface area contributed by atoms with Gasteiger partial charge in [-0.1, -0.05) is 46.3 Å². The first-order valence-electron chi connectivity index (χ1n) is 5.50. The van der Waals surface area contributed by atoms with E-state index >= 15 is 0 Å². The molecule has 1 unspecified atom stereocenters. The lowest BCUT2D eigenvalue weighted by molar-refractivity contribution is -0.270. The van der Waals surface area contributed by atoms with E-state index in [1.807, 2.05) is 0 Å². The maximum atomic E-state index is 12.9. The Morgan fingerprint density at radius 3 is 2.05 bits per heavy atom. The molecule has 0 radical (unpaired) electrons. The molecule has 116 valence electrons. The summed E-state index contributed by atoms with van der Waals surface area (Å²) in [7, 11) is 0. The van der Waals surface area contributed by atoms with Crippen LogP contribution >= 0.6 is 15.9 Å². The summed E-state index contributed by atoms with van der Waals surface area (Å²) in [6, 6.07) is 5.54. The van der Waals surface area contributed by atoms with Gasteiger partial charge in [0.2, 0.25) is 0 Å². The van der Waals surface area contributed by atoms with E-state index in [0.717, 1.165) is 0 Å². The molecule has 0 aliphatic carbocycles. The summed E-state index contributed by atoms with van der Waals surface area (Å²) in [5, 5.41) is 1.13. The van der Waals surface area contributed by atoms with Gasteiger partial charge in [0.15, 0.2) is 5.78 Å². The number of alkyl halides is 6. The van der Waals surface area contributed by atoms with Gasteiger partial charge in [-0.05, 0) is 5.56 Å². The molecule has 0 aliphatic rings. The van der Waals surface area contributed by atoms with Crippen LogP contribution in [-0.2, 0) is 9.59 Å². The third-order valence-electron chi connectivity index (χ3n) is 2.50. The van der Waals surface area contributed by atoms with Crippen molar-refractivity contribution in [2.75, 3.05) is 5.33 Å². The Morgan fingerprint density at radius 1 is 1.10 bits per heavy atom. The Bertz CT molecular complexity index is 518. The molecular weight excluding hydrogens is 365 g/mol. The smallest absolute Gasteiger partial charge is 0.337 e. The number of carbonyl (C=O) groups excluding carboxylic acids is 2. The zero-order valence-corrected chi connectivity index (χ0v) is 11.8. The van der Waals surface area contributed by atoms with E-state index in [-0.39, 0.29) is 10.9 Å². The largest absolute Gasteiger partial charge is 0.463 e. The van der Waals surface area contributed by atoms with Crippen molar-refractivity contribution in [2.24, 2.45) is 0 Å². The van der Waals surface area contributed by atoms with E-state index in [0.29, 0.717) is 0 Å². The number of halogens is 6. The van der Waals surface area contributed by atoms with Crippen molar-refractivity contribution in [1.82, 2.24) is 5.32 Å². The molecule has 0 spiro atoms. The second-order valence-corrected chi connectivity index (χ2v) is 4.55. The molecule has 1 N–H and O–H groups in total. The Balaban J connectivity index is 3.04. The zero-order chi connectivity index (χ0) is 16.3. The molecular formula is C12H9BrF5NO2. The average Bonchev–Trinajstić information content (AvgIpc) is 2.43. The van der Waals surface area contributed by atoms with Crippen LogP contribution in [0.4, 0.5) is 22.0 Å². The molecule has 0 bridgehead atoms. The van der Waals surface area contributed by atoms with Gasteiger partial charge >= 0.3 is 18.0 Å². The second kappa shape index (κ2) is 6.50. The van der Waals surface area contributed by atoms with E-state index in [1.165, 1.54) is 29.6 Å². The maximum absolute atomic E-state index is 12.9. The van der Waals surface area contributed by atoms with Gasteiger partial charge in [-0.2, -0.15) is 22.0 Å². The number of ketones is 1. The van der Waals surface area contributed by atoms with E-state index in [2.05, 4.69) is 15.9 Å². The Hall–Kier alpha value is -1.51. The number of hydrogen-bond donors (Lipinski definition) is 1. The fourth-order valence-electron chi connectivity index (χ4n) is 1.42. The van der Waals surface area contributed by atoms with Gasteiger partial charge in [-0.15, -0.1) is 0 Å². The summed E-state index contributed by atoms with van der Waals surface area (Å²) < 4.78 is 62.2. The van der Waals surface area contributed by atoms with Gasteiger partial charge < -0.3 is 5.32 Å². The summed E-state index contributed by atoms with van der Waals surface area (Å²) >= 11 is 2.78. The van der Waals surface area contributed by atoms with Crippen LogP contribution < -0.4 is 5.32 Å². The highest BCUT2D eigenvalue weighted by Gasteiger charge is 2.63. The molecule has 0 saturated carbocycles. The quantitative estimate of drug-likeness (QED) is 0.637.